The van der Waals surface area contributed by atoms with Crippen molar-refractivity contribution in [3.8, 4) is 0 Å². The Hall–Kier alpha value is -2.88. The number of benzene rings is 3. The van der Waals surface area contributed by atoms with E-state index < -0.39 is 28.5 Å². The van der Waals surface area contributed by atoms with E-state index in [0.717, 1.165) is 31.9 Å². The minimum absolute atomic E-state index is 0.00458. The van der Waals surface area contributed by atoms with Crippen LogP contribution in [0.1, 0.15) is 43.9 Å². The van der Waals surface area contributed by atoms with Gasteiger partial charge in [-0.05, 0) is 99.3 Å². The van der Waals surface area contributed by atoms with Gasteiger partial charge in [0.05, 0.1) is 10.6 Å². The lowest BCUT2D eigenvalue weighted by atomic mass is 10.1. The van der Waals surface area contributed by atoms with Gasteiger partial charge in [0.15, 0.2) is 0 Å². The Balaban J connectivity index is 2.04. The summed E-state index contributed by atoms with van der Waals surface area (Å²) in [5.41, 5.74) is 3.03. The second kappa shape index (κ2) is 13.7. The van der Waals surface area contributed by atoms with Crippen LogP contribution in [-0.4, -0.2) is 43.8 Å². The van der Waals surface area contributed by atoms with Crippen LogP contribution in [0.2, 0.25) is 5.02 Å². The highest BCUT2D eigenvalue weighted by molar-refractivity contribution is 9.10. The number of carbonyl (C=O) groups excluding carboxylic acids is 2. The minimum Gasteiger partial charge on any atom is -0.352 e. The van der Waals surface area contributed by atoms with Gasteiger partial charge in [0.25, 0.3) is 10.0 Å². The van der Waals surface area contributed by atoms with E-state index in [4.69, 9.17) is 11.6 Å². The highest BCUT2D eigenvalue weighted by atomic mass is 79.9. The number of aryl methyl sites for hydroxylation is 2. The monoisotopic (exact) mass is 647 g/mol. The normalized spacial score (nSPS) is 12.9. The molecule has 214 valence electrons. The third-order valence-corrected chi connectivity index (χ3v) is 9.46. The number of anilines is 1. The first-order valence-corrected chi connectivity index (χ1v) is 15.6. The maximum atomic E-state index is 14.0. The standard InChI is InChI=1S/C30H35BrClN3O4S/c1-6-22(4)33-30(37)23(5)34(18-24-8-10-25(31)11-9-24)29(36)19-35(27-14-7-20(2)21(3)17-27)40(38,39)28-15-12-26(32)13-16-28/h7-17,22-23H,6,18-19H2,1-5H3,(H,33,37)/t22-,23+/m0/s1. The van der Waals surface area contributed by atoms with Crippen molar-refractivity contribution >= 4 is 55.1 Å². The van der Waals surface area contributed by atoms with Crippen LogP contribution in [0.3, 0.4) is 0 Å². The van der Waals surface area contributed by atoms with E-state index in [9.17, 15) is 18.0 Å². The Morgan fingerprint density at radius 2 is 1.57 bits per heavy atom. The number of halogens is 2. The van der Waals surface area contributed by atoms with Crippen LogP contribution < -0.4 is 9.62 Å². The molecule has 3 aromatic rings. The Kier molecular flexibility index (Phi) is 10.8. The van der Waals surface area contributed by atoms with Crippen molar-refractivity contribution in [3.63, 3.8) is 0 Å². The average Bonchev–Trinajstić information content (AvgIpc) is 2.92. The van der Waals surface area contributed by atoms with Crippen molar-refractivity contribution in [1.29, 1.82) is 0 Å². The van der Waals surface area contributed by atoms with Crippen LogP contribution in [-0.2, 0) is 26.2 Å². The fraction of sp³-hybridized carbons (Fsp3) is 0.333. The number of rotatable bonds is 11. The number of amides is 2. The second-order valence-corrected chi connectivity index (χ2v) is 13.1. The van der Waals surface area contributed by atoms with Crippen molar-refractivity contribution in [2.75, 3.05) is 10.8 Å². The smallest absolute Gasteiger partial charge is 0.264 e. The first-order valence-electron chi connectivity index (χ1n) is 13.0. The number of nitrogens with one attached hydrogen (secondary N) is 1. The molecule has 0 aliphatic rings. The molecule has 2 amide bonds. The minimum atomic E-state index is -4.16. The first kappa shape index (κ1) is 31.6. The Morgan fingerprint density at radius 1 is 0.950 bits per heavy atom. The molecule has 3 aromatic carbocycles. The lowest BCUT2D eigenvalue weighted by molar-refractivity contribution is -0.139. The van der Waals surface area contributed by atoms with E-state index in [-0.39, 0.29) is 23.4 Å². The second-order valence-electron chi connectivity index (χ2n) is 9.88. The van der Waals surface area contributed by atoms with Crippen LogP contribution in [0.15, 0.2) is 76.1 Å². The summed E-state index contributed by atoms with van der Waals surface area (Å²) in [6, 6.07) is 17.6. The summed E-state index contributed by atoms with van der Waals surface area (Å²) in [5, 5.41) is 3.33. The van der Waals surface area contributed by atoms with Gasteiger partial charge in [-0.15, -0.1) is 0 Å². The molecule has 0 spiro atoms. The topological polar surface area (TPSA) is 86.8 Å². The van der Waals surface area contributed by atoms with Crippen molar-refractivity contribution < 1.29 is 18.0 Å². The highest BCUT2D eigenvalue weighted by Gasteiger charge is 2.33. The van der Waals surface area contributed by atoms with Crippen LogP contribution >= 0.6 is 27.5 Å². The van der Waals surface area contributed by atoms with Gasteiger partial charge >= 0.3 is 0 Å². The van der Waals surface area contributed by atoms with Crippen LogP contribution in [0.4, 0.5) is 5.69 Å². The molecule has 7 nitrogen and oxygen atoms in total. The lowest BCUT2D eigenvalue weighted by Crippen LogP contribution is -2.52. The fourth-order valence-electron chi connectivity index (χ4n) is 3.98. The van der Waals surface area contributed by atoms with Crippen molar-refractivity contribution in [3.05, 3.63) is 92.9 Å². The zero-order valence-corrected chi connectivity index (χ0v) is 26.5. The lowest BCUT2D eigenvalue weighted by Gasteiger charge is -2.32. The van der Waals surface area contributed by atoms with E-state index >= 15 is 0 Å². The molecule has 0 aromatic heterocycles. The molecule has 1 N–H and O–H groups in total. The van der Waals surface area contributed by atoms with Gasteiger partial charge in [0.1, 0.15) is 12.6 Å². The number of nitrogens with zero attached hydrogens (tertiary/aromatic N) is 2. The molecule has 2 atom stereocenters. The number of carbonyl (C=O) groups is 2. The fourth-order valence-corrected chi connectivity index (χ4v) is 5.77. The van der Waals surface area contributed by atoms with Crippen LogP contribution in [0, 0.1) is 13.8 Å². The third-order valence-electron chi connectivity index (χ3n) is 6.89. The molecule has 0 saturated heterocycles. The molecule has 0 aliphatic carbocycles. The van der Waals surface area contributed by atoms with Crippen molar-refractivity contribution in [1.82, 2.24) is 10.2 Å². The summed E-state index contributed by atoms with van der Waals surface area (Å²) >= 11 is 9.43. The predicted molar refractivity (Wildman–Crippen MR) is 164 cm³/mol. The molecule has 40 heavy (non-hydrogen) atoms. The molecule has 0 aliphatic heterocycles. The average molecular weight is 649 g/mol. The quantitative estimate of drug-likeness (QED) is 0.267. The Morgan fingerprint density at radius 3 is 2.15 bits per heavy atom. The van der Waals surface area contributed by atoms with Crippen molar-refractivity contribution in [2.45, 2.75) is 64.6 Å². The van der Waals surface area contributed by atoms with E-state index in [0.29, 0.717) is 10.7 Å². The number of hydrogen-bond donors (Lipinski definition) is 1. The summed E-state index contributed by atoms with van der Waals surface area (Å²) in [7, 11) is -4.16. The molecule has 0 bridgehead atoms. The van der Waals surface area contributed by atoms with Gasteiger partial charge < -0.3 is 10.2 Å². The molecule has 0 heterocycles. The molecule has 0 unspecified atom stereocenters. The van der Waals surface area contributed by atoms with E-state index in [2.05, 4.69) is 21.2 Å². The molecule has 0 radical (unpaired) electrons. The molecule has 0 saturated carbocycles. The Labute approximate surface area is 250 Å². The Bertz CT molecular complexity index is 1450. The van der Waals surface area contributed by atoms with E-state index in [1.54, 1.807) is 19.1 Å². The van der Waals surface area contributed by atoms with Crippen molar-refractivity contribution in [2.24, 2.45) is 0 Å². The zero-order valence-electron chi connectivity index (χ0n) is 23.3. The maximum Gasteiger partial charge on any atom is 0.264 e. The zero-order chi connectivity index (χ0) is 29.6. The summed E-state index contributed by atoms with van der Waals surface area (Å²) in [4.78, 5) is 28.6. The number of sulfonamides is 1. The number of hydrogen-bond acceptors (Lipinski definition) is 4. The largest absolute Gasteiger partial charge is 0.352 e. The summed E-state index contributed by atoms with van der Waals surface area (Å²) in [6.07, 6.45) is 0.735. The van der Waals surface area contributed by atoms with Gasteiger partial charge in [0.2, 0.25) is 11.8 Å². The summed E-state index contributed by atoms with van der Waals surface area (Å²) in [6.45, 7) is 8.96. The SMILES string of the molecule is CC[C@H](C)NC(=O)[C@@H](C)N(Cc1ccc(Br)cc1)C(=O)CN(c1ccc(C)c(C)c1)S(=O)(=O)c1ccc(Cl)cc1. The van der Waals surface area contributed by atoms with Gasteiger partial charge in [-0.1, -0.05) is 52.7 Å². The van der Waals surface area contributed by atoms with Gasteiger partial charge in [-0.2, -0.15) is 0 Å². The molecule has 10 heteroatoms. The molecule has 0 fully saturated rings. The van der Waals surface area contributed by atoms with Gasteiger partial charge in [-0.25, -0.2) is 8.42 Å². The summed E-state index contributed by atoms with van der Waals surface area (Å²) in [5.74, 6) is -0.816. The van der Waals surface area contributed by atoms with Gasteiger partial charge in [-0.3, -0.25) is 13.9 Å². The summed E-state index contributed by atoms with van der Waals surface area (Å²) < 4.78 is 29.8. The molecule has 3 rings (SSSR count). The van der Waals surface area contributed by atoms with Gasteiger partial charge in [0, 0.05) is 22.1 Å². The van der Waals surface area contributed by atoms with E-state index in [1.165, 1.54) is 29.2 Å². The van der Waals surface area contributed by atoms with Crippen LogP contribution in [0.25, 0.3) is 0 Å². The first-order chi connectivity index (χ1) is 18.8. The highest BCUT2D eigenvalue weighted by Crippen LogP contribution is 2.27. The van der Waals surface area contributed by atoms with E-state index in [1.807, 2.05) is 58.0 Å². The molecular weight excluding hydrogens is 614 g/mol. The molecular formula is C30H35BrClN3O4S. The predicted octanol–water partition coefficient (Wildman–Crippen LogP) is 6.25. The maximum absolute atomic E-state index is 14.0. The van der Waals surface area contributed by atoms with Crippen LogP contribution in [0.5, 0.6) is 0 Å². The third kappa shape index (κ3) is 7.86.